The Morgan fingerprint density at radius 2 is 1.56 bits per heavy atom. The second-order valence-electron chi connectivity index (χ2n) is 5.56. The molecule has 0 atom stereocenters. The van der Waals surface area contributed by atoms with Gasteiger partial charge in [-0.15, -0.1) is 0 Å². The Bertz CT molecular complexity index is 504. The van der Waals surface area contributed by atoms with Crippen molar-refractivity contribution in [2.24, 2.45) is 0 Å². The van der Waals surface area contributed by atoms with Gasteiger partial charge in [-0.25, -0.2) is 0 Å². The fourth-order valence-corrected chi connectivity index (χ4v) is 2.28. The number of hydrogen-bond donors (Lipinski definition) is 0. The quantitative estimate of drug-likeness (QED) is 0.459. The van der Waals surface area contributed by atoms with Gasteiger partial charge >= 0.3 is 0 Å². The highest BCUT2D eigenvalue weighted by molar-refractivity contribution is 5.97. The van der Waals surface area contributed by atoms with E-state index in [2.05, 4.69) is 0 Å². The topological polar surface area (TPSA) is 63.2 Å². The molecule has 18 heavy (non-hydrogen) atoms. The molecule has 1 aliphatic heterocycles. The molecule has 0 unspecified atom stereocenters. The summed E-state index contributed by atoms with van der Waals surface area (Å²) in [4.78, 5) is 24.1. The van der Waals surface area contributed by atoms with E-state index in [9.17, 15) is 14.9 Å². The van der Waals surface area contributed by atoms with E-state index in [1.54, 1.807) is 4.90 Å². The third-order valence-corrected chi connectivity index (χ3v) is 4.09. The van der Waals surface area contributed by atoms with Crippen molar-refractivity contribution in [3.63, 3.8) is 0 Å². The summed E-state index contributed by atoms with van der Waals surface area (Å²) in [5.74, 6) is -0.0834. The highest BCUT2D eigenvalue weighted by Crippen LogP contribution is 2.51. The minimum Gasteiger partial charge on any atom is -0.324 e. The van der Waals surface area contributed by atoms with Crippen molar-refractivity contribution in [3.05, 3.63) is 39.9 Å². The number of amides is 1. The molecule has 1 amide bonds. The predicted octanol–water partition coefficient (Wildman–Crippen LogP) is 2.61. The molecule has 0 aromatic heterocycles. The fourth-order valence-electron chi connectivity index (χ4n) is 2.28. The summed E-state index contributed by atoms with van der Waals surface area (Å²) in [6.45, 7) is 8.04. The van der Waals surface area contributed by atoms with Gasteiger partial charge in [0.15, 0.2) is 0 Å². The number of nitro benzene ring substituents is 1. The van der Waals surface area contributed by atoms with Crippen LogP contribution in [0.2, 0.25) is 0 Å². The standard InChI is InChI=1S/C13H16N2O3/c1-12(2)13(3,4)14(12)11(16)9-5-7-10(8-6-9)15(17)18/h5-8H,1-4H3. The molecular formula is C13H16N2O3. The lowest BCUT2D eigenvalue weighted by atomic mass is 10.0. The van der Waals surface area contributed by atoms with Crippen molar-refractivity contribution < 1.29 is 9.72 Å². The Morgan fingerprint density at radius 1 is 1.11 bits per heavy atom. The summed E-state index contributed by atoms with van der Waals surface area (Å²) in [6, 6.07) is 5.73. The molecular weight excluding hydrogens is 232 g/mol. The van der Waals surface area contributed by atoms with Crippen LogP contribution in [-0.2, 0) is 0 Å². The molecule has 5 heteroatoms. The molecule has 1 heterocycles. The van der Waals surface area contributed by atoms with E-state index in [4.69, 9.17) is 0 Å². The summed E-state index contributed by atoms with van der Waals surface area (Å²) >= 11 is 0. The van der Waals surface area contributed by atoms with Gasteiger partial charge in [-0.2, -0.15) is 0 Å². The van der Waals surface area contributed by atoms with Crippen LogP contribution in [0.3, 0.4) is 0 Å². The van der Waals surface area contributed by atoms with Gasteiger partial charge in [0.1, 0.15) is 0 Å². The van der Waals surface area contributed by atoms with Crippen LogP contribution in [0.1, 0.15) is 38.1 Å². The predicted molar refractivity (Wildman–Crippen MR) is 67.4 cm³/mol. The van der Waals surface area contributed by atoms with E-state index in [1.807, 2.05) is 27.7 Å². The van der Waals surface area contributed by atoms with E-state index in [0.29, 0.717) is 5.56 Å². The first-order valence-electron chi connectivity index (χ1n) is 5.79. The SMILES string of the molecule is CC1(C)N(C(=O)c2ccc([N+](=O)[O-])cc2)C1(C)C. The molecule has 0 N–H and O–H groups in total. The Labute approximate surface area is 106 Å². The van der Waals surface area contributed by atoms with Crippen molar-refractivity contribution >= 4 is 11.6 Å². The molecule has 1 saturated heterocycles. The van der Waals surface area contributed by atoms with E-state index < -0.39 is 4.92 Å². The Balaban J connectivity index is 2.24. The maximum Gasteiger partial charge on any atom is 0.269 e. The molecule has 1 aromatic carbocycles. The molecule has 1 aliphatic rings. The Hall–Kier alpha value is -1.91. The maximum atomic E-state index is 12.3. The Morgan fingerprint density at radius 3 is 1.89 bits per heavy atom. The van der Waals surface area contributed by atoms with Gasteiger partial charge in [0, 0.05) is 17.7 Å². The zero-order valence-electron chi connectivity index (χ0n) is 10.9. The van der Waals surface area contributed by atoms with Gasteiger partial charge in [-0.05, 0) is 39.8 Å². The molecule has 2 rings (SSSR count). The fraction of sp³-hybridized carbons (Fsp3) is 0.462. The number of nitro groups is 1. The van der Waals surface area contributed by atoms with Gasteiger partial charge in [0.05, 0.1) is 16.0 Å². The van der Waals surface area contributed by atoms with Gasteiger partial charge in [0.2, 0.25) is 0 Å². The first kappa shape index (κ1) is 12.5. The lowest BCUT2D eigenvalue weighted by Gasteiger charge is -2.07. The first-order valence-corrected chi connectivity index (χ1v) is 5.79. The van der Waals surface area contributed by atoms with E-state index in [1.165, 1.54) is 24.3 Å². The van der Waals surface area contributed by atoms with Crippen LogP contribution >= 0.6 is 0 Å². The molecule has 5 nitrogen and oxygen atoms in total. The van der Waals surface area contributed by atoms with Crippen LogP contribution in [-0.4, -0.2) is 26.8 Å². The van der Waals surface area contributed by atoms with Gasteiger partial charge in [-0.3, -0.25) is 14.9 Å². The zero-order chi connectivity index (χ0) is 13.7. The second kappa shape index (κ2) is 3.54. The highest BCUT2D eigenvalue weighted by atomic mass is 16.6. The minimum atomic E-state index is -0.473. The number of nitrogens with zero attached hydrogens (tertiary/aromatic N) is 2. The number of carbonyl (C=O) groups excluding carboxylic acids is 1. The van der Waals surface area contributed by atoms with Crippen molar-refractivity contribution in [2.45, 2.75) is 38.8 Å². The van der Waals surface area contributed by atoms with Gasteiger partial charge < -0.3 is 4.90 Å². The molecule has 0 bridgehead atoms. The van der Waals surface area contributed by atoms with Crippen LogP contribution in [0.15, 0.2) is 24.3 Å². The summed E-state index contributed by atoms with van der Waals surface area (Å²) in [5.41, 5.74) is 0.132. The molecule has 0 spiro atoms. The molecule has 1 aromatic rings. The van der Waals surface area contributed by atoms with E-state index >= 15 is 0 Å². The van der Waals surface area contributed by atoms with Crippen LogP contribution in [0.4, 0.5) is 5.69 Å². The smallest absolute Gasteiger partial charge is 0.269 e. The van der Waals surface area contributed by atoms with Crippen LogP contribution in [0.5, 0.6) is 0 Å². The maximum absolute atomic E-state index is 12.3. The number of non-ortho nitro benzene ring substituents is 1. The largest absolute Gasteiger partial charge is 0.324 e. The van der Waals surface area contributed by atoms with Crippen LogP contribution in [0, 0.1) is 10.1 Å². The minimum absolute atomic E-state index is 0.00383. The average Bonchev–Trinajstić information content (AvgIpc) is 2.69. The zero-order valence-corrected chi connectivity index (χ0v) is 10.9. The normalized spacial score (nSPS) is 19.4. The number of hydrogen-bond acceptors (Lipinski definition) is 3. The average molecular weight is 248 g/mol. The molecule has 96 valence electrons. The monoisotopic (exact) mass is 248 g/mol. The molecule has 0 saturated carbocycles. The summed E-state index contributed by atoms with van der Waals surface area (Å²) in [5, 5.41) is 10.5. The van der Waals surface area contributed by atoms with Crippen molar-refractivity contribution in [3.8, 4) is 0 Å². The summed E-state index contributed by atoms with van der Waals surface area (Å²) in [6.07, 6.45) is 0. The second-order valence-corrected chi connectivity index (χ2v) is 5.56. The lowest BCUT2D eigenvalue weighted by molar-refractivity contribution is -0.384. The van der Waals surface area contributed by atoms with E-state index in [0.717, 1.165) is 0 Å². The Kier molecular flexibility index (Phi) is 2.47. The lowest BCUT2D eigenvalue weighted by Crippen LogP contribution is -2.19. The van der Waals surface area contributed by atoms with Crippen molar-refractivity contribution in [1.29, 1.82) is 0 Å². The molecule has 0 radical (unpaired) electrons. The first-order chi connectivity index (χ1) is 8.19. The molecule has 0 aliphatic carbocycles. The summed E-state index contributed by atoms with van der Waals surface area (Å²) in [7, 11) is 0. The third-order valence-electron chi connectivity index (χ3n) is 4.09. The van der Waals surface area contributed by atoms with Crippen molar-refractivity contribution in [1.82, 2.24) is 4.90 Å². The number of carbonyl (C=O) groups is 1. The van der Waals surface area contributed by atoms with E-state index in [-0.39, 0.29) is 22.7 Å². The van der Waals surface area contributed by atoms with Gasteiger partial charge in [0.25, 0.3) is 11.6 Å². The highest BCUT2D eigenvalue weighted by Gasteiger charge is 2.65. The van der Waals surface area contributed by atoms with Crippen molar-refractivity contribution in [2.75, 3.05) is 0 Å². The number of rotatable bonds is 2. The number of benzene rings is 1. The van der Waals surface area contributed by atoms with Crippen LogP contribution in [0.25, 0.3) is 0 Å². The molecule has 1 fully saturated rings. The van der Waals surface area contributed by atoms with Crippen LogP contribution < -0.4 is 0 Å². The van der Waals surface area contributed by atoms with Gasteiger partial charge in [-0.1, -0.05) is 0 Å². The third kappa shape index (κ3) is 1.58. The summed E-state index contributed by atoms with van der Waals surface area (Å²) < 4.78 is 0.